The molecule has 1 unspecified atom stereocenters. The van der Waals surface area contributed by atoms with Crippen LogP contribution in [0, 0.1) is 5.92 Å². The first-order valence-electron chi connectivity index (χ1n) is 6.82. The number of methoxy groups -OCH3 is 1. The second kappa shape index (κ2) is 5.20. The molecule has 1 fully saturated rings. The fourth-order valence-electron chi connectivity index (χ4n) is 2.95. The molecule has 1 heterocycles. The summed E-state index contributed by atoms with van der Waals surface area (Å²) in [4.78, 5) is 11.5. The molecule has 1 aromatic carbocycles. The van der Waals surface area contributed by atoms with Gasteiger partial charge in [0, 0.05) is 30.5 Å². The van der Waals surface area contributed by atoms with Crippen LogP contribution in [-0.2, 0) is 4.79 Å². The van der Waals surface area contributed by atoms with Gasteiger partial charge in [0.05, 0.1) is 23.1 Å². The molecule has 0 spiro atoms. The fraction of sp³-hybridized carbons (Fsp3) is 0.467. The van der Waals surface area contributed by atoms with E-state index in [1.54, 1.807) is 7.11 Å². The van der Waals surface area contributed by atoms with E-state index in [-0.39, 0.29) is 0 Å². The summed E-state index contributed by atoms with van der Waals surface area (Å²) in [5, 5.41) is 5.75. The second-order valence-electron chi connectivity index (χ2n) is 5.48. The van der Waals surface area contributed by atoms with Gasteiger partial charge in [-0.05, 0) is 34.3 Å². The van der Waals surface area contributed by atoms with E-state index < -0.39 is 0 Å². The molecule has 0 radical (unpaired) electrons. The molecule has 0 saturated heterocycles. The Morgan fingerprint density at radius 3 is 2.95 bits per heavy atom. The van der Waals surface area contributed by atoms with Crippen molar-refractivity contribution in [3.8, 4) is 5.75 Å². The molecule has 0 N–H and O–H groups in total. The van der Waals surface area contributed by atoms with E-state index in [9.17, 15) is 4.79 Å². The summed E-state index contributed by atoms with van der Waals surface area (Å²) in [6, 6.07) is 4.27. The van der Waals surface area contributed by atoms with Crippen LogP contribution >= 0.6 is 15.9 Å². The predicted octanol–water partition coefficient (Wildman–Crippen LogP) is 3.74. The largest absolute Gasteiger partial charge is 0.495 e. The van der Waals surface area contributed by atoms with Crippen LogP contribution in [0.15, 0.2) is 22.8 Å². The Balaban J connectivity index is 1.98. The van der Waals surface area contributed by atoms with E-state index in [0.29, 0.717) is 30.6 Å². The number of Topliss-reactive ketones (excluding diaryl/α,β-unsaturated/α-hetero) is 1. The van der Waals surface area contributed by atoms with E-state index in [1.807, 2.05) is 16.8 Å². The third-order valence-electron chi connectivity index (χ3n) is 4.06. The summed E-state index contributed by atoms with van der Waals surface area (Å²) in [7, 11) is 1.65. The highest BCUT2D eigenvalue weighted by atomic mass is 79.9. The summed E-state index contributed by atoms with van der Waals surface area (Å²) < 4.78 is 8.25. The van der Waals surface area contributed by atoms with Gasteiger partial charge in [0.15, 0.2) is 0 Å². The van der Waals surface area contributed by atoms with Crippen molar-refractivity contribution in [3.63, 3.8) is 0 Å². The summed E-state index contributed by atoms with van der Waals surface area (Å²) in [5.41, 5.74) is 0.925. The van der Waals surface area contributed by atoms with Gasteiger partial charge in [-0.15, -0.1) is 0 Å². The van der Waals surface area contributed by atoms with Crippen LogP contribution in [-0.4, -0.2) is 22.7 Å². The lowest BCUT2D eigenvalue weighted by molar-refractivity contribution is -0.122. The summed E-state index contributed by atoms with van der Waals surface area (Å²) >= 11 is 3.50. The van der Waals surface area contributed by atoms with Crippen LogP contribution in [0.3, 0.4) is 0 Å². The van der Waals surface area contributed by atoms with Gasteiger partial charge in [0.1, 0.15) is 11.5 Å². The first-order chi connectivity index (χ1) is 9.58. The topological polar surface area (TPSA) is 44.1 Å². The lowest BCUT2D eigenvalue weighted by Crippen LogP contribution is -2.26. The zero-order valence-electron chi connectivity index (χ0n) is 11.6. The fourth-order valence-corrected chi connectivity index (χ4v) is 3.48. The van der Waals surface area contributed by atoms with E-state index in [0.717, 1.165) is 27.5 Å². The number of ketones is 1. The maximum absolute atomic E-state index is 11.5. The minimum atomic E-state index is 0.310. The third kappa shape index (κ3) is 2.35. The molecule has 106 valence electrons. The van der Waals surface area contributed by atoms with E-state index in [2.05, 4.69) is 34.1 Å². The third-order valence-corrected chi connectivity index (χ3v) is 4.68. The molecule has 20 heavy (non-hydrogen) atoms. The maximum atomic E-state index is 11.5. The van der Waals surface area contributed by atoms with Crippen LogP contribution < -0.4 is 4.74 Å². The van der Waals surface area contributed by atoms with Crippen LogP contribution in [0.4, 0.5) is 0 Å². The number of aromatic nitrogens is 2. The maximum Gasteiger partial charge on any atom is 0.135 e. The average molecular weight is 337 g/mol. The molecule has 0 aliphatic heterocycles. The van der Waals surface area contributed by atoms with Gasteiger partial charge >= 0.3 is 0 Å². The Morgan fingerprint density at radius 2 is 2.25 bits per heavy atom. The molecule has 3 rings (SSSR count). The van der Waals surface area contributed by atoms with E-state index >= 15 is 0 Å². The average Bonchev–Trinajstić information content (AvgIpc) is 2.79. The molecule has 1 aliphatic carbocycles. The first kappa shape index (κ1) is 13.6. The Kier molecular flexibility index (Phi) is 3.54. The summed E-state index contributed by atoms with van der Waals surface area (Å²) in [5.74, 6) is 1.50. The Bertz CT molecular complexity index is 665. The van der Waals surface area contributed by atoms with E-state index in [4.69, 9.17) is 4.74 Å². The lowest BCUT2D eigenvalue weighted by atomic mass is 9.85. The Morgan fingerprint density at radius 1 is 1.45 bits per heavy atom. The normalized spacial score (nSPS) is 23.2. The van der Waals surface area contributed by atoms with Gasteiger partial charge in [-0.1, -0.05) is 6.92 Å². The lowest BCUT2D eigenvalue weighted by Gasteiger charge is -2.28. The van der Waals surface area contributed by atoms with Crippen LogP contribution in [0.5, 0.6) is 5.75 Å². The number of rotatable bonds is 2. The standard InChI is InChI=1S/C15H17BrN2O2/c1-9-5-11(19)3-4-14(9)18-8-10-6-12(16)15(20-2)7-13(10)17-18/h6-9,14H,3-5H2,1-2H3/t9?,14-/m0/s1. The number of nitrogens with zero attached hydrogens (tertiary/aromatic N) is 2. The molecule has 2 aromatic rings. The molecule has 0 amide bonds. The zero-order chi connectivity index (χ0) is 14.3. The molecule has 2 atom stereocenters. The van der Waals surface area contributed by atoms with Gasteiger partial charge < -0.3 is 4.74 Å². The van der Waals surface area contributed by atoms with Gasteiger partial charge in [-0.25, -0.2) is 0 Å². The van der Waals surface area contributed by atoms with Crippen LogP contribution in [0.1, 0.15) is 32.2 Å². The van der Waals surface area contributed by atoms with Gasteiger partial charge in [0.25, 0.3) is 0 Å². The number of halogens is 1. The van der Waals surface area contributed by atoms with Crippen molar-refractivity contribution >= 4 is 32.6 Å². The van der Waals surface area contributed by atoms with Gasteiger partial charge in [-0.2, -0.15) is 5.10 Å². The smallest absolute Gasteiger partial charge is 0.135 e. The number of ether oxygens (including phenoxy) is 1. The minimum Gasteiger partial charge on any atom is -0.495 e. The number of fused-ring (bicyclic) bond motifs is 1. The SMILES string of the molecule is COc1cc2nn([C@H]3CCC(=O)CC3C)cc2cc1Br. The number of carbonyl (C=O) groups is 1. The van der Waals surface area contributed by atoms with Crippen LogP contribution in [0.25, 0.3) is 10.9 Å². The molecule has 1 aromatic heterocycles. The first-order valence-corrected chi connectivity index (χ1v) is 7.62. The Hall–Kier alpha value is -1.36. The number of hydrogen-bond acceptors (Lipinski definition) is 3. The van der Waals surface area contributed by atoms with E-state index in [1.165, 1.54) is 0 Å². The molecule has 5 heteroatoms. The molecular formula is C15H17BrN2O2. The van der Waals surface area contributed by atoms with Crippen molar-refractivity contribution in [2.75, 3.05) is 7.11 Å². The van der Waals surface area contributed by atoms with Crippen molar-refractivity contribution in [3.05, 3.63) is 22.8 Å². The molecule has 1 saturated carbocycles. The zero-order valence-corrected chi connectivity index (χ0v) is 13.2. The summed E-state index contributed by atoms with van der Waals surface area (Å²) in [6.45, 7) is 2.13. The molecule has 0 bridgehead atoms. The summed E-state index contributed by atoms with van der Waals surface area (Å²) in [6.07, 6.45) is 4.27. The monoisotopic (exact) mass is 336 g/mol. The number of hydrogen-bond donors (Lipinski definition) is 0. The van der Waals surface area contributed by atoms with Crippen molar-refractivity contribution in [1.29, 1.82) is 0 Å². The highest BCUT2D eigenvalue weighted by Gasteiger charge is 2.28. The number of benzene rings is 1. The highest BCUT2D eigenvalue weighted by molar-refractivity contribution is 9.10. The molecule has 4 nitrogen and oxygen atoms in total. The highest BCUT2D eigenvalue weighted by Crippen LogP contribution is 2.34. The van der Waals surface area contributed by atoms with Crippen LogP contribution in [0.2, 0.25) is 0 Å². The van der Waals surface area contributed by atoms with Crippen molar-refractivity contribution in [1.82, 2.24) is 9.78 Å². The van der Waals surface area contributed by atoms with Crippen molar-refractivity contribution < 1.29 is 9.53 Å². The van der Waals surface area contributed by atoms with Gasteiger partial charge in [0.2, 0.25) is 0 Å². The van der Waals surface area contributed by atoms with Crippen molar-refractivity contribution in [2.24, 2.45) is 5.92 Å². The van der Waals surface area contributed by atoms with Gasteiger partial charge in [-0.3, -0.25) is 9.48 Å². The predicted molar refractivity (Wildman–Crippen MR) is 81.0 cm³/mol. The van der Waals surface area contributed by atoms with Crippen molar-refractivity contribution in [2.45, 2.75) is 32.2 Å². The molecular weight excluding hydrogens is 320 g/mol. The Labute approximate surface area is 126 Å². The second-order valence-corrected chi connectivity index (χ2v) is 6.34. The minimum absolute atomic E-state index is 0.310. The molecule has 1 aliphatic rings. The quantitative estimate of drug-likeness (QED) is 0.839. The number of carbonyl (C=O) groups excluding carboxylic acids is 1.